The number of hydrogen-bond donors (Lipinski definition) is 0. The molecule has 1 spiro atoms. The molecule has 20 heavy (non-hydrogen) atoms. The van der Waals surface area contributed by atoms with Crippen LogP contribution in [0, 0.1) is 17.5 Å². The third kappa shape index (κ3) is 2.20. The van der Waals surface area contributed by atoms with Crippen molar-refractivity contribution in [3.8, 4) is 0 Å². The standard InChI is InChI=1S/C14H12F3NO2/c15-11-3-9(4-12(16)13(11)17)7-20-10-5-14(1-2-14)18(6-10)8-19/h1-4,8,10H,5-7H2. The van der Waals surface area contributed by atoms with Crippen LogP contribution in [0.4, 0.5) is 13.2 Å². The van der Waals surface area contributed by atoms with Gasteiger partial charge in [0.05, 0.1) is 18.2 Å². The predicted octanol–water partition coefficient (Wildman–Crippen LogP) is 2.16. The van der Waals surface area contributed by atoms with E-state index in [2.05, 4.69) is 0 Å². The van der Waals surface area contributed by atoms with E-state index in [1.54, 1.807) is 4.90 Å². The summed E-state index contributed by atoms with van der Waals surface area (Å²) in [5.41, 5.74) is -0.0742. The van der Waals surface area contributed by atoms with E-state index in [0.29, 0.717) is 13.0 Å². The van der Waals surface area contributed by atoms with Crippen LogP contribution >= 0.6 is 0 Å². The summed E-state index contributed by atoms with van der Waals surface area (Å²) in [6.45, 7) is 0.407. The number of ether oxygens (including phenoxy) is 1. The second-order valence-electron chi connectivity index (χ2n) is 5.09. The minimum Gasteiger partial charge on any atom is -0.372 e. The molecule has 1 heterocycles. The summed E-state index contributed by atoms with van der Waals surface area (Å²) in [7, 11) is 0. The van der Waals surface area contributed by atoms with Crippen LogP contribution in [-0.4, -0.2) is 29.5 Å². The quantitative estimate of drug-likeness (QED) is 0.481. The van der Waals surface area contributed by atoms with Gasteiger partial charge in [-0.3, -0.25) is 4.79 Å². The smallest absolute Gasteiger partial charge is 0.210 e. The van der Waals surface area contributed by atoms with Gasteiger partial charge in [0.25, 0.3) is 0 Å². The van der Waals surface area contributed by atoms with Gasteiger partial charge in [-0.25, -0.2) is 13.2 Å². The van der Waals surface area contributed by atoms with Crippen molar-refractivity contribution < 1.29 is 22.7 Å². The van der Waals surface area contributed by atoms with Gasteiger partial charge in [0.15, 0.2) is 17.5 Å². The second kappa shape index (κ2) is 4.63. The highest BCUT2D eigenvalue weighted by molar-refractivity contribution is 5.57. The molecule has 0 bridgehead atoms. The van der Waals surface area contributed by atoms with Crippen molar-refractivity contribution in [1.29, 1.82) is 0 Å². The average molecular weight is 283 g/mol. The lowest BCUT2D eigenvalue weighted by molar-refractivity contribution is -0.119. The number of likely N-dealkylation sites (tertiary alicyclic amines) is 1. The van der Waals surface area contributed by atoms with Crippen LogP contribution in [-0.2, 0) is 16.1 Å². The van der Waals surface area contributed by atoms with Crippen LogP contribution in [0.3, 0.4) is 0 Å². The summed E-state index contributed by atoms with van der Waals surface area (Å²) in [4.78, 5) is 12.5. The molecule has 1 fully saturated rings. The molecule has 0 radical (unpaired) electrons. The zero-order chi connectivity index (χ0) is 14.3. The van der Waals surface area contributed by atoms with Crippen molar-refractivity contribution in [1.82, 2.24) is 4.90 Å². The molecule has 0 N–H and O–H groups in total. The molecule has 1 atom stereocenters. The SMILES string of the molecule is O=CN1CC(OCc2cc(F)c(F)c(F)c2)CC12C=C2. The van der Waals surface area contributed by atoms with Crippen molar-refractivity contribution in [3.05, 3.63) is 47.3 Å². The number of rotatable bonds is 4. The van der Waals surface area contributed by atoms with Gasteiger partial charge < -0.3 is 9.64 Å². The largest absolute Gasteiger partial charge is 0.372 e. The molecule has 1 aromatic rings. The fraction of sp³-hybridized carbons (Fsp3) is 0.357. The molecule has 3 rings (SSSR count). The molecule has 1 saturated heterocycles. The summed E-state index contributed by atoms with van der Waals surface area (Å²) >= 11 is 0. The lowest BCUT2D eigenvalue weighted by Crippen LogP contribution is -2.31. The molecule has 106 valence electrons. The number of benzene rings is 1. The Morgan fingerprint density at radius 2 is 1.95 bits per heavy atom. The molecule has 3 nitrogen and oxygen atoms in total. The Kier molecular flexibility index (Phi) is 3.05. The molecular weight excluding hydrogens is 271 g/mol. The highest BCUT2D eigenvalue weighted by atomic mass is 19.2. The maximum atomic E-state index is 13.1. The highest BCUT2D eigenvalue weighted by Crippen LogP contribution is 2.41. The van der Waals surface area contributed by atoms with Crippen molar-refractivity contribution in [2.24, 2.45) is 0 Å². The first-order valence-electron chi connectivity index (χ1n) is 6.21. The van der Waals surface area contributed by atoms with Crippen LogP contribution in [0.25, 0.3) is 0 Å². The maximum Gasteiger partial charge on any atom is 0.210 e. The third-order valence-corrected chi connectivity index (χ3v) is 3.70. The third-order valence-electron chi connectivity index (χ3n) is 3.70. The molecule has 1 amide bonds. The van der Waals surface area contributed by atoms with E-state index in [4.69, 9.17) is 4.74 Å². The molecule has 0 aromatic heterocycles. The molecule has 1 aliphatic heterocycles. The maximum absolute atomic E-state index is 13.1. The Morgan fingerprint density at radius 3 is 2.45 bits per heavy atom. The van der Waals surface area contributed by atoms with Gasteiger partial charge in [-0.1, -0.05) is 12.2 Å². The van der Waals surface area contributed by atoms with Crippen molar-refractivity contribution in [2.45, 2.75) is 24.7 Å². The fourth-order valence-electron chi connectivity index (χ4n) is 2.52. The Morgan fingerprint density at radius 1 is 1.30 bits per heavy atom. The fourth-order valence-corrected chi connectivity index (χ4v) is 2.52. The normalized spacial score (nSPS) is 22.6. The van der Waals surface area contributed by atoms with Gasteiger partial charge in [0.2, 0.25) is 6.41 Å². The number of carbonyl (C=O) groups is 1. The van der Waals surface area contributed by atoms with Gasteiger partial charge in [0.1, 0.15) is 0 Å². The molecule has 1 unspecified atom stereocenters. The average Bonchev–Trinajstić information content (AvgIpc) is 3.09. The van der Waals surface area contributed by atoms with Crippen molar-refractivity contribution in [2.75, 3.05) is 6.54 Å². The van der Waals surface area contributed by atoms with Gasteiger partial charge in [-0.05, 0) is 17.7 Å². The topological polar surface area (TPSA) is 29.5 Å². The Balaban J connectivity index is 1.62. The van der Waals surface area contributed by atoms with Crippen LogP contribution in [0.15, 0.2) is 24.3 Å². The number of amides is 1. The first-order chi connectivity index (χ1) is 9.54. The summed E-state index contributed by atoms with van der Waals surface area (Å²) in [5, 5.41) is 0. The minimum absolute atomic E-state index is 0.0262. The highest BCUT2D eigenvalue weighted by Gasteiger charge is 2.48. The van der Waals surface area contributed by atoms with E-state index >= 15 is 0 Å². The van der Waals surface area contributed by atoms with Crippen LogP contribution in [0.1, 0.15) is 12.0 Å². The van der Waals surface area contributed by atoms with Crippen LogP contribution in [0.2, 0.25) is 0 Å². The second-order valence-corrected chi connectivity index (χ2v) is 5.09. The summed E-state index contributed by atoms with van der Waals surface area (Å²) in [5.74, 6) is -3.95. The van der Waals surface area contributed by atoms with Crippen molar-refractivity contribution in [3.63, 3.8) is 0 Å². The van der Waals surface area contributed by atoms with Crippen molar-refractivity contribution >= 4 is 6.41 Å². The van der Waals surface area contributed by atoms with E-state index in [9.17, 15) is 18.0 Å². The van der Waals surface area contributed by atoms with Gasteiger partial charge in [0, 0.05) is 13.0 Å². The first kappa shape index (κ1) is 13.2. The number of halogens is 3. The summed E-state index contributed by atoms with van der Waals surface area (Å²) < 4.78 is 44.5. The molecule has 2 aliphatic rings. The summed E-state index contributed by atoms with van der Waals surface area (Å²) in [6, 6.07) is 1.83. The molecule has 0 saturated carbocycles. The number of hydrogen-bond acceptors (Lipinski definition) is 2. The zero-order valence-electron chi connectivity index (χ0n) is 10.5. The first-order valence-corrected chi connectivity index (χ1v) is 6.21. The zero-order valence-corrected chi connectivity index (χ0v) is 10.5. The van der Waals surface area contributed by atoms with Gasteiger partial charge in [-0.15, -0.1) is 0 Å². The Hall–Kier alpha value is -1.82. The monoisotopic (exact) mass is 283 g/mol. The van der Waals surface area contributed by atoms with Gasteiger partial charge in [-0.2, -0.15) is 0 Å². The van der Waals surface area contributed by atoms with Gasteiger partial charge >= 0.3 is 0 Å². The van der Waals surface area contributed by atoms with E-state index in [-0.39, 0.29) is 23.8 Å². The van der Waals surface area contributed by atoms with E-state index in [1.165, 1.54) is 0 Å². The predicted molar refractivity (Wildman–Crippen MR) is 64.2 cm³/mol. The minimum atomic E-state index is -1.48. The number of nitrogens with zero attached hydrogens (tertiary/aromatic N) is 1. The summed E-state index contributed by atoms with van der Waals surface area (Å²) in [6.07, 6.45) is 5.04. The Bertz CT molecular complexity index is 559. The molecule has 6 heteroatoms. The van der Waals surface area contributed by atoms with E-state index in [0.717, 1.165) is 18.5 Å². The molecule has 1 aromatic carbocycles. The molecular formula is C14H12F3NO2. The van der Waals surface area contributed by atoms with Crippen LogP contribution < -0.4 is 0 Å². The lowest BCUT2D eigenvalue weighted by atomic mass is 10.1. The van der Waals surface area contributed by atoms with E-state index in [1.807, 2.05) is 12.2 Å². The van der Waals surface area contributed by atoms with Crippen LogP contribution in [0.5, 0.6) is 0 Å². The Labute approximate surface area is 113 Å². The lowest BCUT2D eigenvalue weighted by Gasteiger charge is -2.17. The molecule has 1 aliphatic carbocycles. The van der Waals surface area contributed by atoms with E-state index < -0.39 is 17.5 Å². The number of carbonyl (C=O) groups excluding carboxylic acids is 1.